The Labute approximate surface area is 197 Å². The second kappa shape index (κ2) is 10.4. The number of benzene rings is 1. The van der Waals surface area contributed by atoms with Crippen molar-refractivity contribution in [2.24, 2.45) is 0 Å². The molecule has 1 aromatic heterocycles. The van der Waals surface area contributed by atoms with E-state index >= 15 is 0 Å². The van der Waals surface area contributed by atoms with Crippen molar-refractivity contribution >= 4 is 44.5 Å². The van der Waals surface area contributed by atoms with Crippen molar-refractivity contribution in [2.45, 2.75) is 40.2 Å². The van der Waals surface area contributed by atoms with Crippen molar-refractivity contribution in [1.82, 2.24) is 10.3 Å². The van der Waals surface area contributed by atoms with Gasteiger partial charge in [-0.1, -0.05) is 11.3 Å². The van der Waals surface area contributed by atoms with Crippen molar-refractivity contribution in [1.29, 1.82) is 0 Å². The molecular weight excluding hydrogens is 472 g/mol. The van der Waals surface area contributed by atoms with E-state index in [0.29, 0.717) is 21.3 Å². The number of carbonyl (C=O) groups is 2. The molecule has 182 valence electrons. The number of aryl methyl sites for hydroxylation is 1. The fourth-order valence-electron chi connectivity index (χ4n) is 2.83. The fourth-order valence-corrected chi connectivity index (χ4v) is 4.55. The first kappa shape index (κ1) is 26.4. The van der Waals surface area contributed by atoms with E-state index in [1.807, 2.05) is 0 Å². The van der Waals surface area contributed by atoms with Crippen LogP contribution in [0.1, 0.15) is 33.4 Å². The van der Waals surface area contributed by atoms with Gasteiger partial charge < -0.3 is 20.1 Å². The minimum atomic E-state index is -4.71. The first-order valence-electron chi connectivity index (χ1n) is 9.86. The zero-order valence-corrected chi connectivity index (χ0v) is 20.9. The highest BCUT2D eigenvalue weighted by atomic mass is 32.2. The van der Waals surface area contributed by atoms with Crippen LogP contribution in [-0.2, 0) is 19.8 Å². The maximum absolute atomic E-state index is 12.2. The SMILES string of the molecule is COc1ccc(-c2sc(NC(C)=O)nc2C)cc1N(CCNC(=O)OC(C)(C)C)S(=O)(=O)O. The van der Waals surface area contributed by atoms with E-state index in [2.05, 4.69) is 15.6 Å². The number of hydrogen-bond donors (Lipinski definition) is 3. The van der Waals surface area contributed by atoms with Gasteiger partial charge in [-0.2, -0.15) is 8.42 Å². The Morgan fingerprint density at radius 1 is 1.27 bits per heavy atom. The van der Waals surface area contributed by atoms with E-state index in [0.717, 1.165) is 4.31 Å². The molecule has 0 saturated carbocycles. The van der Waals surface area contributed by atoms with Gasteiger partial charge in [-0.25, -0.2) is 14.1 Å². The van der Waals surface area contributed by atoms with Gasteiger partial charge >= 0.3 is 16.4 Å². The van der Waals surface area contributed by atoms with Crippen molar-refractivity contribution < 1.29 is 32.0 Å². The van der Waals surface area contributed by atoms with Crippen LogP contribution in [0.4, 0.5) is 15.6 Å². The molecule has 0 saturated heterocycles. The summed E-state index contributed by atoms with van der Waals surface area (Å²) in [7, 11) is -3.34. The summed E-state index contributed by atoms with van der Waals surface area (Å²) >= 11 is 1.22. The fraction of sp³-hybridized carbons (Fsp3) is 0.450. The van der Waals surface area contributed by atoms with Gasteiger partial charge in [-0.3, -0.25) is 9.35 Å². The Hall–Kier alpha value is -2.90. The number of hydrogen-bond acceptors (Lipinski definition) is 8. The largest absolute Gasteiger partial charge is 0.495 e. The third-order valence-corrected chi connectivity index (χ3v) is 6.11. The van der Waals surface area contributed by atoms with Gasteiger partial charge in [0.25, 0.3) is 0 Å². The molecule has 11 nitrogen and oxygen atoms in total. The van der Waals surface area contributed by atoms with Gasteiger partial charge in [0.15, 0.2) is 5.13 Å². The lowest BCUT2D eigenvalue weighted by atomic mass is 10.1. The predicted octanol–water partition coefficient (Wildman–Crippen LogP) is 3.22. The van der Waals surface area contributed by atoms with Gasteiger partial charge in [0.05, 0.1) is 29.9 Å². The summed E-state index contributed by atoms with van der Waals surface area (Å²) in [6.45, 7) is 7.82. The highest BCUT2D eigenvalue weighted by molar-refractivity contribution is 7.87. The molecule has 2 rings (SSSR count). The van der Waals surface area contributed by atoms with Crippen LogP contribution in [0.25, 0.3) is 10.4 Å². The highest BCUT2D eigenvalue weighted by Crippen LogP contribution is 2.38. The summed E-state index contributed by atoms with van der Waals surface area (Å²) in [6.07, 6.45) is -0.718. The van der Waals surface area contributed by atoms with Crippen molar-refractivity contribution in [2.75, 3.05) is 29.8 Å². The van der Waals surface area contributed by atoms with E-state index in [4.69, 9.17) is 9.47 Å². The molecule has 33 heavy (non-hydrogen) atoms. The monoisotopic (exact) mass is 500 g/mol. The quantitative estimate of drug-likeness (QED) is 0.468. The van der Waals surface area contributed by atoms with Crippen LogP contribution in [0.15, 0.2) is 18.2 Å². The molecule has 3 N–H and O–H groups in total. The van der Waals surface area contributed by atoms with Crippen LogP contribution in [-0.4, -0.2) is 55.8 Å². The van der Waals surface area contributed by atoms with Gasteiger partial charge in [-0.05, 0) is 51.5 Å². The van der Waals surface area contributed by atoms with Crippen LogP contribution >= 0.6 is 11.3 Å². The first-order chi connectivity index (χ1) is 15.2. The molecule has 0 aliphatic rings. The van der Waals surface area contributed by atoms with E-state index in [1.165, 1.54) is 31.4 Å². The number of thiazole rings is 1. The smallest absolute Gasteiger partial charge is 0.407 e. The van der Waals surface area contributed by atoms with Gasteiger partial charge in [-0.15, -0.1) is 0 Å². The molecule has 0 aliphatic heterocycles. The van der Waals surface area contributed by atoms with Gasteiger partial charge in [0.2, 0.25) is 5.91 Å². The molecule has 2 aromatic rings. The molecule has 0 fully saturated rings. The van der Waals surface area contributed by atoms with E-state index in [1.54, 1.807) is 39.8 Å². The molecule has 0 bridgehead atoms. The number of amides is 2. The summed E-state index contributed by atoms with van der Waals surface area (Å²) in [6, 6.07) is 4.79. The van der Waals surface area contributed by atoms with E-state index < -0.39 is 22.0 Å². The zero-order chi connectivity index (χ0) is 25.0. The average Bonchev–Trinajstić information content (AvgIpc) is 3.01. The number of methoxy groups -OCH3 is 1. The lowest BCUT2D eigenvalue weighted by Crippen LogP contribution is -2.40. The maximum Gasteiger partial charge on any atom is 0.407 e. The summed E-state index contributed by atoms with van der Waals surface area (Å²) in [5, 5.41) is 5.48. The molecule has 0 spiro atoms. The second-order valence-corrected chi connectivity index (χ2v) is 10.3. The van der Waals surface area contributed by atoms with Crippen LogP contribution < -0.4 is 19.7 Å². The number of alkyl carbamates (subject to hydrolysis) is 1. The number of anilines is 2. The van der Waals surface area contributed by atoms with Crippen LogP contribution in [0.3, 0.4) is 0 Å². The Kier molecular flexibility index (Phi) is 8.27. The van der Waals surface area contributed by atoms with E-state index in [-0.39, 0.29) is 30.4 Å². The minimum Gasteiger partial charge on any atom is -0.495 e. The third kappa shape index (κ3) is 7.58. The number of carbonyl (C=O) groups excluding carboxylic acids is 2. The van der Waals surface area contributed by atoms with Crippen molar-refractivity contribution in [3.8, 4) is 16.2 Å². The molecule has 0 radical (unpaired) electrons. The molecule has 0 unspecified atom stereocenters. The number of ether oxygens (including phenoxy) is 2. The zero-order valence-electron chi connectivity index (χ0n) is 19.3. The molecule has 1 heterocycles. The standard InChI is InChI=1S/C20H28N4O7S2/c1-12-17(32-18(22-12)23-13(2)25)14-7-8-16(30-6)15(11-14)24(33(27,28)29)10-9-21-19(26)31-20(3,4)5/h7-8,11H,9-10H2,1-6H3,(H,21,26)(H,22,23,25)(H,27,28,29). The molecular formula is C20H28N4O7S2. The Bertz CT molecular complexity index is 1120. The number of nitrogens with zero attached hydrogens (tertiary/aromatic N) is 2. The molecule has 2 amide bonds. The normalized spacial score (nSPS) is 11.6. The Morgan fingerprint density at radius 2 is 1.94 bits per heavy atom. The lowest BCUT2D eigenvalue weighted by Gasteiger charge is -2.24. The van der Waals surface area contributed by atoms with Gasteiger partial charge in [0, 0.05) is 13.5 Å². The van der Waals surface area contributed by atoms with Crippen molar-refractivity contribution in [3.05, 3.63) is 23.9 Å². The lowest BCUT2D eigenvalue weighted by molar-refractivity contribution is -0.114. The summed E-state index contributed by atoms with van der Waals surface area (Å²) < 4.78 is 45.4. The Morgan fingerprint density at radius 3 is 2.48 bits per heavy atom. The minimum absolute atomic E-state index is 0.0670. The average molecular weight is 501 g/mol. The molecule has 13 heteroatoms. The third-order valence-electron chi connectivity index (χ3n) is 4.05. The number of aromatic nitrogens is 1. The summed E-state index contributed by atoms with van der Waals surface area (Å²) in [4.78, 5) is 28.2. The Balaban J connectivity index is 2.36. The molecule has 0 aliphatic carbocycles. The molecule has 1 aromatic carbocycles. The topological polar surface area (TPSA) is 147 Å². The number of nitrogens with one attached hydrogen (secondary N) is 2. The van der Waals surface area contributed by atoms with Crippen LogP contribution in [0.2, 0.25) is 0 Å². The highest BCUT2D eigenvalue weighted by Gasteiger charge is 2.25. The first-order valence-corrected chi connectivity index (χ1v) is 12.1. The summed E-state index contributed by atoms with van der Waals surface area (Å²) in [5.74, 6) is -0.0707. The molecule has 0 atom stereocenters. The van der Waals surface area contributed by atoms with Gasteiger partial charge in [0.1, 0.15) is 11.4 Å². The van der Waals surface area contributed by atoms with Crippen molar-refractivity contribution in [3.63, 3.8) is 0 Å². The van der Waals surface area contributed by atoms with Crippen LogP contribution in [0.5, 0.6) is 5.75 Å². The van der Waals surface area contributed by atoms with E-state index in [9.17, 15) is 22.6 Å². The summed E-state index contributed by atoms with van der Waals surface area (Å²) in [5.41, 5.74) is 0.584. The maximum atomic E-state index is 12.2. The predicted molar refractivity (Wildman–Crippen MR) is 126 cm³/mol. The second-order valence-electron chi connectivity index (χ2n) is 7.98. The van der Waals surface area contributed by atoms with Crippen LogP contribution in [0, 0.1) is 6.92 Å². The number of rotatable bonds is 8.